The van der Waals surface area contributed by atoms with Crippen molar-refractivity contribution in [2.24, 2.45) is 17.8 Å². The smallest absolute Gasteiger partial charge is 0.0935 e. The van der Waals surface area contributed by atoms with Gasteiger partial charge in [0.2, 0.25) is 0 Å². The SMILES string of the molecule is CCCNC(Cc1ccoc1)CC1CC2CCC1C2. The Balaban J connectivity index is 1.55. The third-order valence-corrected chi connectivity index (χ3v) is 5.22. The van der Waals surface area contributed by atoms with Crippen LogP contribution in [0.5, 0.6) is 0 Å². The van der Waals surface area contributed by atoms with Crippen LogP contribution in [-0.2, 0) is 6.42 Å². The Morgan fingerprint density at radius 1 is 1.37 bits per heavy atom. The third kappa shape index (κ3) is 3.22. The molecule has 0 saturated heterocycles. The fourth-order valence-corrected chi connectivity index (χ4v) is 4.31. The van der Waals surface area contributed by atoms with Crippen molar-refractivity contribution in [1.29, 1.82) is 0 Å². The largest absolute Gasteiger partial charge is 0.472 e. The van der Waals surface area contributed by atoms with Crippen LogP contribution in [0.4, 0.5) is 0 Å². The van der Waals surface area contributed by atoms with Crippen LogP contribution in [0.25, 0.3) is 0 Å². The maximum absolute atomic E-state index is 5.21. The lowest BCUT2D eigenvalue weighted by atomic mass is 9.83. The van der Waals surface area contributed by atoms with Gasteiger partial charge in [-0.2, -0.15) is 0 Å². The van der Waals surface area contributed by atoms with Gasteiger partial charge in [-0.3, -0.25) is 0 Å². The first-order valence-corrected chi connectivity index (χ1v) is 8.09. The molecule has 2 nitrogen and oxygen atoms in total. The summed E-state index contributed by atoms with van der Waals surface area (Å²) in [4.78, 5) is 0. The Labute approximate surface area is 117 Å². The van der Waals surface area contributed by atoms with Gasteiger partial charge in [0, 0.05) is 6.04 Å². The lowest BCUT2D eigenvalue weighted by molar-refractivity contribution is 0.276. The fourth-order valence-electron chi connectivity index (χ4n) is 4.31. The molecule has 2 saturated carbocycles. The number of fused-ring (bicyclic) bond motifs is 2. The molecule has 19 heavy (non-hydrogen) atoms. The summed E-state index contributed by atoms with van der Waals surface area (Å²) in [5.74, 6) is 3.09. The fraction of sp³-hybridized carbons (Fsp3) is 0.765. The van der Waals surface area contributed by atoms with Crippen LogP contribution in [0.3, 0.4) is 0 Å². The van der Waals surface area contributed by atoms with Crippen molar-refractivity contribution in [2.75, 3.05) is 6.54 Å². The number of hydrogen-bond donors (Lipinski definition) is 1. The molecular formula is C17H27NO. The summed E-state index contributed by atoms with van der Waals surface area (Å²) in [7, 11) is 0. The van der Waals surface area contributed by atoms with Gasteiger partial charge in [0.25, 0.3) is 0 Å². The second kappa shape index (κ2) is 6.13. The predicted molar refractivity (Wildman–Crippen MR) is 78.0 cm³/mol. The van der Waals surface area contributed by atoms with Crippen molar-refractivity contribution in [3.05, 3.63) is 24.2 Å². The standard InChI is InChI=1S/C17H27NO/c1-2-6-18-17(10-14-5-7-19-12-14)11-16-9-13-3-4-15(16)8-13/h5,7,12-13,15-18H,2-4,6,8-11H2,1H3. The van der Waals surface area contributed by atoms with E-state index in [0.29, 0.717) is 6.04 Å². The topological polar surface area (TPSA) is 25.2 Å². The van der Waals surface area contributed by atoms with Gasteiger partial charge in [-0.05, 0) is 74.5 Å². The number of furan rings is 1. The first-order chi connectivity index (χ1) is 9.35. The highest BCUT2D eigenvalue weighted by atomic mass is 16.3. The van der Waals surface area contributed by atoms with E-state index in [9.17, 15) is 0 Å². The maximum atomic E-state index is 5.21. The van der Waals surface area contributed by atoms with Crippen molar-refractivity contribution in [1.82, 2.24) is 5.32 Å². The van der Waals surface area contributed by atoms with Gasteiger partial charge >= 0.3 is 0 Å². The zero-order valence-corrected chi connectivity index (χ0v) is 12.1. The average molecular weight is 261 g/mol. The minimum Gasteiger partial charge on any atom is -0.472 e. The quantitative estimate of drug-likeness (QED) is 0.802. The molecule has 1 N–H and O–H groups in total. The van der Waals surface area contributed by atoms with Gasteiger partial charge in [0.05, 0.1) is 12.5 Å². The molecular weight excluding hydrogens is 234 g/mol. The van der Waals surface area contributed by atoms with Crippen molar-refractivity contribution in [2.45, 2.75) is 57.9 Å². The minimum atomic E-state index is 0.641. The summed E-state index contributed by atoms with van der Waals surface area (Å²) in [5, 5.41) is 3.75. The Bertz CT molecular complexity index is 373. The summed E-state index contributed by atoms with van der Waals surface area (Å²) < 4.78 is 5.21. The summed E-state index contributed by atoms with van der Waals surface area (Å²) in [6.07, 6.45) is 13.5. The molecule has 4 unspecified atom stereocenters. The van der Waals surface area contributed by atoms with E-state index in [4.69, 9.17) is 4.42 Å². The van der Waals surface area contributed by atoms with Gasteiger partial charge in [-0.15, -0.1) is 0 Å². The van der Waals surface area contributed by atoms with E-state index in [1.165, 1.54) is 44.1 Å². The van der Waals surface area contributed by atoms with E-state index in [2.05, 4.69) is 18.3 Å². The molecule has 0 spiro atoms. The number of rotatable bonds is 7. The van der Waals surface area contributed by atoms with Crippen LogP contribution >= 0.6 is 0 Å². The molecule has 2 aliphatic rings. The molecule has 1 aromatic rings. The highest BCUT2D eigenvalue weighted by molar-refractivity contribution is 5.08. The molecule has 0 aromatic carbocycles. The predicted octanol–water partition coefficient (Wildman–Crippen LogP) is 4.02. The highest BCUT2D eigenvalue weighted by Crippen LogP contribution is 2.49. The summed E-state index contributed by atoms with van der Waals surface area (Å²) >= 11 is 0. The van der Waals surface area contributed by atoms with Gasteiger partial charge in [-0.25, -0.2) is 0 Å². The lowest BCUT2D eigenvalue weighted by Crippen LogP contribution is -2.34. The van der Waals surface area contributed by atoms with Crippen LogP contribution in [-0.4, -0.2) is 12.6 Å². The van der Waals surface area contributed by atoms with E-state index < -0.39 is 0 Å². The Morgan fingerprint density at radius 3 is 2.95 bits per heavy atom. The first kappa shape index (κ1) is 13.2. The van der Waals surface area contributed by atoms with Gasteiger partial charge in [0.1, 0.15) is 0 Å². The molecule has 106 valence electrons. The molecule has 2 heteroatoms. The second-order valence-corrected chi connectivity index (χ2v) is 6.66. The van der Waals surface area contributed by atoms with Crippen LogP contribution in [0.2, 0.25) is 0 Å². The summed E-state index contributed by atoms with van der Waals surface area (Å²) in [5.41, 5.74) is 1.34. The Hall–Kier alpha value is -0.760. The summed E-state index contributed by atoms with van der Waals surface area (Å²) in [6.45, 7) is 3.39. The van der Waals surface area contributed by atoms with Gasteiger partial charge in [0.15, 0.2) is 0 Å². The molecule has 0 amide bonds. The van der Waals surface area contributed by atoms with Crippen LogP contribution in [0.1, 0.15) is 51.0 Å². The molecule has 2 aliphatic carbocycles. The van der Waals surface area contributed by atoms with Crippen LogP contribution in [0.15, 0.2) is 23.0 Å². The zero-order chi connectivity index (χ0) is 13.1. The van der Waals surface area contributed by atoms with Gasteiger partial charge < -0.3 is 9.73 Å². The molecule has 4 atom stereocenters. The van der Waals surface area contributed by atoms with E-state index in [1.54, 1.807) is 6.26 Å². The first-order valence-electron chi connectivity index (χ1n) is 8.09. The molecule has 1 heterocycles. The molecule has 0 aliphatic heterocycles. The third-order valence-electron chi connectivity index (χ3n) is 5.22. The van der Waals surface area contributed by atoms with Crippen molar-refractivity contribution < 1.29 is 4.42 Å². The zero-order valence-electron chi connectivity index (χ0n) is 12.1. The minimum absolute atomic E-state index is 0.641. The van der Waals surface area contributed by atoms with Crippen LogP contribution in [0, 0.1) is 17.8 Å². The molecule has 3 rings (SSSR count). The van der Waals surface area contributed by atoms with E-state index >= 15 is 0 Å². The monoisotopic (exact) mass is 261 g/mol. The van der Waals surface area contributed by atoms with E-state index in [1.807, 2.05) is 6.26 Å². The molecule has 1 aromatic heterocycles. The number of hydrogen-bond acceptors (Lipinski definition) is 2. The van der Waals surface area contributed by atoms with Crippen molar-refractivity contribution in [3.8, 4) is 0 Å². The number of nitrogens with one attached hydrogen (secondary N) is 1. The lowest BCUT2D eigenvalue weighted by Gasteiger charge is -2.27. The van der Waals surface area contributed by atoms with E-state index in [0.717, 1.165) is 30.7 Å². The van der Waals surface area contributed by atoms with E-state index in [-0.39, 0.29) is 0 Å². The summed E-state index contributed by atoms with van der Waals surface area (Å²) in [6, 6.07) is 2.75. The van der Waals surface area contributed by atoms with Gasteiger partial charge in [-0.1, -0.05) is 13.3 Å². The highest BCUT2D eigenvalue weighted by Gasteiger charge is 2.39. The molecule has 2 bridgehead atoms. The molecule has 0 radical (unpaired) electrons. The normalized spacial score (nSPS) is 30.9. The van der Waals surface area contributed by atoms with Crippen LogP contribution < -0.4 is 5.32 Å². The average Bonchev–Trinajstić information content (AvgIpc) is 3.12. The Kier molecular flexibility index (Phi) is 4.27. The van der Waals surface area contributed by atoms with Crippen molar-refractivity contribution >= 4 is 0 Å². The van der Waals surface area contributed by atoms with Crippen molar-refractivity contribution in [3.63, 3.8) is 0 Å². The maximum Gasteiger partial charge on any atom is 0.0935 e. The second-order valence-electron chi connectivity index (χ2n) is 6.66. The molecule has 2 fully saturated rings. The Morgan fingerprint density at radius 2 is 2.32 bits per heavy atom.